The number of hydrogen-bond acceptors (Lipinski definition) is 10. The Balaban J connectivity index is 0.784. The molecule has 0 unspecified atom stereocenters. The monoisotopic (exact) mass is 804 g/mol. The van der Waals surface area contributed by atoms with E-state index in [1.54, 1.807) is 43.0 Å². The van der Waals surface area contributed by atoms with E-state index in [1.807, 2.05) is 27.9 Å². The van der Waals surface area contributed by atoms with E-state index < -0.39 is 40.9 Å². The standard InChI is InChI=1S/C42H42F2N10O5/c1-42(2,59)31-15-34-24(12-35(31)47-40(57)36-5-3-27-11-23(16-45)17-46-54(27)36)20-53(49-34)29-21-52(22-29)26-7-9-50(10-8-26)41(58)25-18-51(19-25)28-13-32(43)38(33(44)14-28)30-4-6-37(55)48-39(30)56/h3,5,11-15,17,20,25-26,29-30,59H,4,6-10,18-19,21-22H2,1-2H3,(H,47,57)(H,48,55,56)/t30-/m1/s1. The molecule has 4 amide bonds. The molecule has 17 heteroatoms. The van der Waals surface area contributed by atoms with Gasteiger partial charge in [0, 0.05) is 85.8 Å². The zero-order valence-corrected chi connectivity index (χ0v) is 32.5. The molecule has 0 saturated carbocycles. The van der Waals surface area contributed by atoms with Crippen LogP contribution < -0.4 is 15.5 Å². The lowest BCUT2D eigenvalue weighted by atomic mass is 9.89. The van der Waals surface area contributed by atoms with E-state index in [0.29, 0.717) is 65.8 Å². The molecule has 0 bridgehead atoms. The molecule has 4 aliphatic rings. The number of piperidine rings is 2. The Bertz CT molecular complexity index is 2570. The Hall–Kier alpha value is -6.25. The smallest absolute Gasteiger partial charge is 0.274 e. The molecule has 5 aromatic rings. The zero-order chi connectivity index (χ0) is 41.3. The van der Waals surface area contributed by atoms with Crippen LogP contribution in [0.3, 0.4) is 0 Å². The minimum Gasteiger partial charge on any atom is -0.386 e. The second kappa shape index (κ2) is 14.5. The van der Waals surface area contributed by atoms with Gasteiger partial charge in [-0.1, -0.05) is 0 Å². The van der Waals surface area contributed by atoms with Crippen LogP contribution in [0.25, 0.3) is 16.4 Å². The van der Waals surface area contributed by atoms with Crippen LogP contribution in [0.1, 0.15) is 78.7 Å². The number of anilines is 2. The average Bonchev–Trinajstić information content (AvgIpc) is 3.77. The van der Waals surface area contributed by atoms with Gasteiger partial charge in [0.2, 0.25) is 17.7 Å². The molecule has 59 heavy (non-hydrogen) atoms. The van der Waals surface area contributed by atoms with Crippen LogP contribution in [0.5, 0.6) is 0 Å². The minimum atomic E-state index is -1.28. The van der Waals surface area contributed by atoms with Gasteiger partial charge < -0.3 is 20.2 Å². The molecule has 3 N–H and O–H groups in total. The van der Waals surface area contributed by atoms with Crippen LogP contribution >= 0.6 is 0 Å². The van der Waals surface area contributed by atoms with Gasteiger partial charge in [0.25, 0.3) is 5.91 Å². The van der Waals surface area contributed by atoms with E-state index in [2.05, 4.69) is 20.6 Å². The maximum absolute atomic E-state index is 15.1. The molecule has 3 aromatic heterocycles. The normalized spacial score (nSPS) is 19.8. The average molecular weight is 805 g/mol. The fraction of sp³-hybridized carbons (Fsp3) is 0.405. The molecule has 4 aliphatic heterocycles. The van der Waals surface area contributed by atoms with E-state index in [9.17, 15) is 29.5 Å². The first-order valence-corrected chi connectivity index (χ1v) is 19.8. The quantitative estimate of drug-likeness (QED) is 0.195. The highest BCUT2D eigenvalue weighted by Gasteiger charge is 2.41. The van der Waals surface area contributed by atoms with Crippen molar-refractivity contribution in [1.82, 2.24) is 34.5 Å². The van der Waals surface area contributed by atoms with Crippen molar-refractivity contribution in [3.63, 3.8) is 0 Å². The summed E-state index contributed by atoms with van der Waals surface area (Å²) < 4.78 is 33.6. The number of aliphatic hydroxyl groups is 1. The highest BCUT2D eigenvalue weighted by atomic mass is 19.1. The van der Waals surface area contributed by atoms with Crippen LogP contribution in [0.4, 0.5) is 20.2 Å². The third-order valence-electron chi connectivity index (χ3n) is 12.2. The first kappa shape index (κ1) is 38.3. The number of aromatic nitrogens is 4. The number of fused-ring (bicyclic) bond motifs is 2. The van der Waals surface area contributed by atoms with Gasteiger partial charge >= 0.3 is 0 Å². The number of amides is 4. The lowest BCUT2D eigenvalue weighted by Gasteiger charge is -2.48. The van der Waals surface area contributed by atoms with Crippen LogP contribution in [-0.4, -0.2) is 103 Å². The SMILES string of the molecule is CC(C)(O)c1cc2nn(C3CN(C4CCN(C(=O)C5CN(c6cc(F)c([C@H]7CCC(=O)NC7=O)c(F)c6)C5)CC4)C3)cc2cc1NC(=O)c1ccc2cc(C#N)cnn12. The summed E-state index contributed by atoms with van der Waals surface area (Å²) in [7, 11) is 0. The number of benzene rings is 2. The summed E-state index contributed by atoms with van der Waals surface area (Å²) in [4.78, 5) is 56.6. The number of imide groups is 1. The van der Waals surface area contributed by atoms with Gasteiger partial charge in [-0.3, -0.25) is 34.1 Å². The summed E-state index contributed by atoms with van der Waals surface area (Å²) in [6.45, 7) is 6.84. The van der Waals surface area contributed by atoms with Gasteiger partial charge in [0.15, 0.2) is 0 Å². The first-order valence-electron chi connectivity index (χ1n) is 19.8. The lowest BCUT2D eigenvalue weighted by Crippen LogP contribution is -2.59. The maximum Gasteiger partial charge on any atom is 0.274 e. The number of nitrogens with one attached hydrogen (secondary N) is 2. The molecule has 304 valence electrons. The summed E-state index contributed by atoms with van der Waals surface area (Å²) in [5.74, 6) is -4.55. The summed E-state index contributed by atoms with van der Waals surface area (Å²) >= 11 is 0. The largest absolute Gasteiger partial charge is 0.386 e. The molecular weight excluding hydrogens is 763 g/mol. The predicted octanol–water partition coefficient (Wildman–Crippen LogP) is 3.82. The van der Waals surface area contributed by atoms with Crippen LogP contribution in [0.2, 0.25) is 0 Å². The molecule has 2 aromatic carbocycles. The van der Waals surface area contributed by atoms with Gasteiger partial charge in [-0.05, 0) is 75.6 Å². The van der Waals surface area contributed by atoms with Crippen LogP contribution in [-0.2, 0) is 20.0 Å². The Morgan fingerprint density at radius 2 is 1.71 bits per heavy atom. The summed E-state index contributed by atoms with van der Waals surface area (Å²) in [5, 5.41) is 35.3. The summed E-state index contributed by atoms with van der Waals surface area (Å²) in [5.41, 5.74) is 1.63. The van der Waals surface area contributed by atoms with E-state index in [4.69, 9.17) is 5.10 Å². The number of nitriles is 1. The van der Waals surface area contributed by atoms with E-state index in [0.717, 1.165) is 31.3 Å². The molecule has 1 atom stereocenters. The number of carbonyl (C=O) groups is 4. The summed E-state index contributed by atoms with van der Waals surface area (Å²) in [6, 6.07) is 13.5. The van der Waals surface area contributed by atoms with Crippen molar-refractivity contribution in [3.8, 4) is 6.07 Å². The van der Waals surface area contributed by atoms with Gasteiger partial charge in [0.1, 0.15) is 23.4 Å². The topological polar surface area (TPSA) is 181 Å². The van der Waals surface area contributed by atoms with Crippen molar-refractivity contribution in [2.45, 2.75) is 63.1 Å². The highest BCUT2D eigenvalue weighted by molar-refractivity contribution is 6.05. The van der Waals surface area contributed by atoms with E-state index >= 15 is 8.78 Å². The number of hydrogen-bond donors (Lipinski definition) is 3. The number of rotatable bonds is 8. The van der Waals surface area contributed by atoms with Crippen LogP contribution in [0.15, 0.2) is 54.9 Å². The molecule has 4 fully saturated rings. The molecule has 15 nitrogen and oxygen atoms in total. The van der Waals surface area contributed by atoms with Crippen molar-refractivity contribution in [3.05, 3.63) is 88.9 Å². The molecule has 9 rings (SSSR count). The fourth-order valence-electron chi connectivity index (χ4n) is 8.87. The van der Waals surface area contributed by atoms with Gasteiger partial charge in [-0.25, -0.2) is 13.3 Å². The second-order valence-corrected chi connectivity index (χ2v) is 16.6. The second-order valence-electron chi connectivity index (χ2n) is 16.6. The molecular formula is C42H42F2N10O5. The number of carbonyl (C=O) groups excluding carboxylic acids is 4. The number of likely N-dealkylation sites (tertiary alicyclic amines) is 2. The van der Waals surface area contributed by atoms with Crippen molar-refractivity contribution in [2.24, 2.45) is 5.92 Å². The first-order chi connectivity index (χ1) is 28.2. The zero-order valence-electron chi connectivity index (χ0n) is 32.5. The Morgan fingerprint density at radius 1 is 0.983 bits per heavy atom. The van der Waals surface area contributed by atoms with Crippen molar-refractivity contribution < 1.29 is 33.1 Å². The fourth-order valence-corrected chi connectivity index (χ4v) is 8.87. The Kier molecular flexibility index (Phi) is 9.43. The van der Waals surface area contributed by atoms with Crippen molar-refractivity contribution in [2.75, 3.05) is 49.5 Å². The predicted molar refractivity (Wildman–Crippen MR) is 210 cm³/mol. The number of nitrogens with zero attached hydrogens (tertiary/aromatic N) is 8. The molecule has 0 aliphatic carbocycles. The van der Waals surface area contributed by atoms with Crippen molar-refractivity contribution >= 4 is 51.4 Å². The highest BCUT2D eigenvalue weighted by Crippen LogP contribution is 2.37. The summed E-state index contributed by atoms with van der Waals surface area (Å²) in [6.07, 6.45) is 5.08. The molecule has 0 radical (unpaired) electrons. The van der Waals surface area contributed by atoms with Gasteiger partial charge in [-0.2, -0.15) is 15.5 Å². The number of halogens is 2. The maximum atomic E-state index is 15.1. The van der Waals surface area contributed by atoms with Crippen molar-refractivity contribution in [1.29, 1.82) is 5.26 Å². The van der Waals surface area contributed by atoms with Gasteiger partial charge in [0.05, 0.1) is 46.3 Å². The molecule has 0 spiro atoms. The van der Waals surface area contributed by atoms with E-state index in [1.165, 1.54) is 22.8 Å². The lowest BCUT2D eigenvalue weighted by molar-refractivity contribution is -0.138. The Labute approximate surface area is 337 Å². The van der Waals surface area contributed by atoms with E-state index in [-0.39, 0.29) is 42.0 Å². The minimum absolute atomic E-state index is 0.0188. The third kappa shape index (κ3) is 7.05. The van der Waals surface area contributed by atoms with Crippen LogP contribution in [0, 0.1) is 28.9 Å². The van der Waals surface area contributed by atoms with Gasteiger partial charge in [-0.15, -0.1) is 0 Å². The Morgan fingerprint density at radius 3 is 2.39 bits per heavy atom. The molecule has 7 heterocycles. The third-order valence-corrected chi connectivity index (χ3v) is 12.2. The molecule has 4 saturated heterocycles.